The zero-order valence-electron chi connectivity index (χ0n) is 9.89. The van der Waals surface area contributed by atoms with E-state index in [1.165, 1.54) is 5.57 Å². The van der Waals surface area contributed by atoms with Crippen molar-refractivity contribution in [3.05, 3.63) is 35.6 Å². The van der Waals surface area contributed by atoms with Crippen LogP contribution in [0.25, 0.3) is 0 Å². The van der Waals surface area contributed by atoms with Crippen LogP contribution >= 0.6 is 0 Å². The maximum absolute atomic E-state index is 5.52. The van der Waals surface area contributed by atoms with Crippen molar-refractivity contribution in [2.45, 2.75) is 48.0 Å². The van der Waals surface area contributed by atoms with Crippen LogP contribution in [0.4, 0.5) is 0 Å². The highest BCUT2D eigenvalue weighted by atomic mass is 16.5. The van der Waals surface area contributed by atoms with Gasteiger partial charge < -0.3 is 4.74 Å². The average Bonchev–Trinajstić information content (AvgIpc) is 2.24. The molecule has 1 aliphatic rings. The van der Waals surface area contributed by atoms with E-state index < -0.39 is 0 Å². The molecule has 1 rings (SSSR count). The number of allylic oxidation sites excluding steroid dienone is 4. The van der Waals surface area contributed by atoms with Crippen molar-refractivity contribution >= 4 is 0 Å². The molecule has 0 aromatic heterocycles. The number of ether oxygens (including phenoxy) is 1. The molecule has 0 aromatic rings. The van der Waals surface area contributed by atoms with E-state index >= 15 is 0 Å². The molecule has 0 amide bonds. The Bertz CT molecular complexity index is 234. The Labute approximate surface area is 95.5 Å². The lowest BCUT2D eigenvalue weighted by Crippen LogP contribution is -2.03. The predicted molar refractivity (Wildman–Crippen MR) is 69.9 cm³/mol. The van der Waals surface area contributed by atoms with Crippen LogP contribution in [0.3, 0.4) is 0 Å². The van der Waals surface area contributed by atoms with Gasteiger partial charge in [-0.1, -0.05) is 33.9 Å². The van der Waals surface area contributed by atoms with Gasteiger partial charge in [0.05, 0.1) is 6.61 Å². The van der Waals surface area contributed by atoms with Gasteiger partial charge in [0.25, 0.3) is 0 Å². The van der Waals surface area contributed by atoms with Gasteiger partial charge in [-0.15, -0.1) is 0 Å². The molecule has 0 saturated carbocycles. The van der Waals surface area contributed by atoms with Crippen LogP contribution in [0.1, 0.15) is 48.0 Å². The Morgan fingerprint density at radius 2 is 2.00 bits per heavy atom. The minimum Gasteiger partial charge on any atom is -0.494 e. The van der Waals surface area contributed by atoms with Gasteiger partial charge in [-0.2, -0.15) is 0 Å². The maximum Gasteiger partial charge on any atom is 0.118 e. The standard InChI is InChI=1S/C11H16O.C2H6.CH4/c1-4-9(2)8-11-10(3)6-5-7-12-11;1-2;/h4,8H,1,5-7H2,2-3H3;1-2H3;1H4/b9-8-;;. The summed E-state index contributed by atoms with van der Waals surface area (Å²) in [4.78, 5) is 0. The van der Waals surface area contributed by atoms with Gasteiger partial charge in [-0.05, 0) is 43.9 Å². The molecule has 0 spiro atoms. The molecule has 0 fully saturated rings. The van der Waals surface area contributed by atoms with Gasteiger partial charge in [0.1, 0.15) is 5.76 Å². The first-order valence-electron chi connectivity index (χ1n) is 5.37. The highest BCUT2D eigenvalue weighted by molar-refractivity contribution is 5.28. The smallest absolute Gasteiger partial charge is 0.118 e. The Kier molecular flexibility index (Phi) is 10.5. The van der Waals surface area contributed by atoms with E-state index in [0.717, 1.165) is 30.8 Å². The lowest BCUT2D eigenvalue weighted by molar-refractivity contribution is 0.199. The molecule has 1 aliphatic heterocycles. The van der Waals surface area contributed by atoms with E-state index in [1.54, 1.807) is 0 Å². The third-order valence-corrected chi connectivity index (χ3v) is 2.06. The SMILES string of the molecule is C.C=C/C(C)=C\C1=C(C)CCCO1.CC. The summed E-state index contributed by atoms with van der Waals surface area (Å²) in [5.41, 5.74) is 2.51. The summed E-state index contributed by atoms with van der Waals surface area (Å²) in [6, 6.07) is 0. The van der Waals surface area contributed by atoms with Crippen molar-refractivity contribution in [2.24, 2.45) is 0 Å². The van der Waals surface area contributed by atoms with E-state index in [-0.39, 0.29) is 7.43 Å². The number of hydrogen-bond donors (Lipinski definition) is 0. The van der Waals surface area contributed by atoms with Gasteiger partial charge in [-0.3, -0.25) is 0 Å². The van der Waals surface area contributed by atoms with E-state index in [9.17, 15) is 0 Å². The molecule has 0 bridgehead atoms. The van der Waals surface area contributed by atoms with E-state index in [2.05, 4.69) is 19.6 Å². The minimum atomic E-state index is 0. The monoisotopic (exact) mass is 210 g/mol. The fraction of sp³-hybridized carbons (Fsp3) is 0.571. The lowest BCUT2D eigenvalue weighted by Gasteiger charge is -2.16. The maximum atomic E-state index is 5.52. The third-order valence-electron chi connectivity index (χ3n) is 2.06. The molecule has 0 atom stereocenters. The van der Waals surface area contributed by atoms with Crippen LogP contribution < -0.4 is 0 Å². The second kappa shape index (κ2) is 9.57. The second-order valence-electron chi connectivity index (χ2n) is 3.19. The molecule has 1 heteroatoms. The van der Waals surface area contributed by atoms with Gasteiger partial charge >= 0.3 is 0 Å². The summed E-state index contributed by atoms with van der Waals surface area (Å²) in [6.45, 7) is 12.7. The normalized spacial score (nSPS) is 15.6. The zero-order valence-corrected chi connectivity index (χ0v) is 9.89. The number of hydrogen-bond acceptors (Lipinski definition) is 1. The highest BCUT2D eigenvalue weighted by Gasteiger charge is 2.07. The Morgan fingerprint density at radius 1 is 1.40 bits per heavy atom. The van der Waals surface area contributed by atoms with Gasteiger partial charge in [-0.25, -0.2) is 0 Å². The van der Waals surface area contributed by atoms with Crippen molar-refractivity contribution < 1.29 is 4.74 Å². The predicted octanol–water partition coefficient (Wildman–Crippen LogP) is 4.87. The summed E-state index contributed by atoms with van der Waals surface area (Å²) in [7, 11) is 0. The summed E-state index contributed by atoms with van der Waals surface area (Å²) in [5.74, 6) is 1.04. The Hall–Kier alpha value is -0.980. The molecule has 0 aliphatic carbocycles. The van der Waals surface area contributed by atoms with Crippen LogP contribution in [0.15, 0.2) is 35.6 Å². The summed E-state index contributed by atoms with van der Waals surface area (Å²) in [6.07, 6.45) is 6.21. The fourth-order valence-electron chi connectivity index (χ4n) is 1.20. The van der Waals surface area contributed by atoms with Crippen molar-refractivity contribution in [1.82, 2.24) is 0 Å². The fourth-order valence-corrected chi connectivity index (χ4v) is 1.20. The van der Waals surface area contributed by atoms with Gasteiger partial charge in [0.15, 0.2) is 0 Å². The molecule has 0 aromatic carbocycles. The first-order chi connectivity index (χ1) is 6.74. The molecule has 1 nitrogen and oxygen atoms in total. The Balaban J connectivity index is 0. The first-order valence-corrected chi connectivity index (χ1v) is 5.37. The molecular formula is C14H26O. The van der Waals surface area contributed by atoms with Crippen LogP contribution in [-0.4, -0.2) is 6.61 Å². The van der Waals surface area contributed by atoms with Crippen LogP contribution in [0.2, 0.25) is 0 Å². The molecule has 0 saturated heterocycles. The van der Waals surface area contributed by atoms with Crippen LogP contribution in [-0.2, 0) is 4.74 Å². The van der Waals surface area contributed by atoms with E-state index in [0.29, 0.717) is 0 Å². The van der Waals surface area contributed by atoms with Crippen LogP contribution in [0, 0.1) is 0 Å². The molecule has 15 heavy (non-hydrogen) atoms. The van der Waals surface area contributed by atoms with E-state index in [4.69, 9.17) is 4.74 Å². The van der Waals surface area contributed by atoms with Gasteiger partial charge in [0, 0.05) is 0 Å². The summed E-state index contributed by atoms with van der Waals surface area (Å²) in [5, 5.41) is 0. The van der Waals surface area contributed by atoms with Crippen LogP contribution in [0.5, 0.6) is 0 Å². The quantitative estimate of drug-likeness (QED) is 0.591. The highest BCUT2D eigenvalue weighted by Crippen LogP contribution is 2.20. The summed E-state index contributed by atoms with van der Waals surface area (Å²) < 4.78 is 5.52. The minimum absolute atomic E-state index is 0. The van der Waals surface area contributed by atoms with Crippen molar-refractivity contribution in [3.8, 4) is 0 Å². The molecule has 88 valence electrons. The molecule has 1 heterocycles. The largest absolute Gasteiger partial charge is 0.494 e. The summed E-state index contributed by atoms with van der Waals surface area (Å²) >= 11 is 0. The second-order valence-corrected chi connectivity index (χ2v) is 3.19. The molecule has 0 radical (unpaired) electrons. The zero-order chi connectivity index (χ0) is 11.0. The Morgan fingerprint density at radius 3 is 2.47 bits per heavy atom. The first kappa shape index (κ1) is 16.4. The molecule has 0 unspecified atom stereocenters. The molecular weight excluding hydrogens is 184 g/mol. The van der Waals surface area contributed by atoms with Crippen molar-refractivity contribution in [1.29, 1.82) is 0 Å². The van der Waals surface area contributed by atoms with Crippen molar-refractivity contribution in [2.75, 3.05) is 6.61 Å². The average molecular weight is 210 g/mol. The molecule has 0 N–H and O–H groups in total. The van der Waals surface area contributed by atoms with E-state index in [1.807, 2.05) is 26.8 Å². The lowest BCUT2D eigenvalue weighted by atomic mass is 10.1. The number of rotatable bonds is 2. The third kappa shape index (κ3) is 6.16. The van der Waals surface area contributed by atoms with Gasteiger partial charge in [0.2, 0.25) is 0 Å². The topological polar surface area (TPSA) is 9.23 Å². The van der Waals surface area contributed by atoms with Crippen molar-refractivity contribution in [3.63, 3.8) is 0 Å².